The van der Waals surface area contributed by atoms with Gasteiger partial charge in [0.25, 0.3) is 0 Å². The fourth-order valence-electron chi connectivity index (χ4n) is 4.41. The summed E-state index contributed by atoms with van der Waals surface area (Å²) in [5, 5.41) is 8.56. The number of hydrogen-bond acceptors (Lipinski definition) is 1. The van der Waals surface area contributed by atoms with Gasteiger partial charge in [0.05, 0.1) is 29.3 Å². The first-order valence-electron chi connectivity index (χ1n) is 16.5. The molecule has 0 amide bonds. The van der Waals surface area contributed by atoms with Crippen LogP contribution in [0.3, 0.4) is 0 Å². The van der Waals surface area contributed by atoms with Crippen molar-refractivity contribution in [1.29, 1.82) is 5.26 Å². The van der Waals surface area contributed by atoms with E-state index in [1.165, 1.54) is 36.4 Å². The van der Waals surface area contributed by atoms with Crippen molar-refractivity contribution in [2.24, 2.45) is 0 Å². The van der Waals surface area contributed by atoms with Crippen LogP contribution in [0, 0.1) is 29.5 Å². The molecule has 0 saturated carbocycles. The Kier molecular flexibility index (Phi) is 17.4. The molecule has 4 aromatic rings. The molecule has 0 radical (unpaired) electrons. The van der Waals surface area contributed by atoms with E-state index in [9.17, 15) is 48.3 Å². The van der Waals surface area contributed by atoms with Crippen LogP contribution in [0.2, 0.25) is 0 Å². The summed E-state index contributed by atoms with van der Waals surface area (Å²) in [7, 11) is 0. The number of rotatable bonds is 4. The van der Waals surface area contributed by atoms with Crippen LogP contribution < -0.4 is 0 Å². The molecular weight excluding hydrogens is 729 g/mol. The van der Waals surface area contributed by atoms with E-state index in [2.05, 4.69) is 4.85 Å². The van der Waals surface area contributed by atoms with Crippen molar-refractivity contribution in [1.82, 2.24) is 0 Å². The Morgan fingerprint density at radius 3 is 1.30 bits per heavy atom. The summed E-state index contributed by atoms with van der Waals surface area (Å²) >= 11 is 0. The van der Waals surface area contributed by atoms with Gasteiger partial charge in [0.1, 0.15) is 11.6 Å². The number of alkyl halides is 9. The monoisotopic (exact) mass is 770 g/mol. The van der Waals surface area contributed by atoms with E-state index in [-0.39, 0.29) is 34.9 Å². The van der Waals surface area contributed by atoms with Gasteiger partial charge < -0.3 is 0 Å². The molecule has 0 unspecified atom stereocenters. The summed E-state index contributed by atoms with van der Waals surface area (Å²) in [6.45, 7) is 21.6. The first-order valence-corrected chi connectivity index (χ1v) is 16.5. The second kappa shape index (κ2) is 20.0. The van der Waals surface area contributed by atoms with Crippen molar-refractivity contribution in [2.75, 3.05) is 0 Å². The minimum absolute atomic E-state index is 0.0128. The van der Waals surface area contributed by atoms with Gasteiger partial charge in [0.2, 0.25) is 0 Å². The van der Waals surface area contributed by atoms with E-state index in [0.717, 1.165) is 42.0 Å². The Morgan fingerprint density at radius 1 is 0.500 bits per heavy atom. The van der Waals surface area contributed by atoms with Gasteiger partial charge in [-0.3, -0.25) is 0 Å². The number of halogens is 11. The van der Waals surface area contributed by atoms with Crippen LogP contribution in [0.25, 0.3) is 4.85 Å². The van der Waals surface area contributed by atoms with Crippen LogP contribution >= 0.6 is 0 Å². The van der Waals surface area contributed by atoms with Crippen LogP contribution in [0.4, 0.5) is 54.0 Å². The van der Waals surface area contributed by atoms with Crippen LogP contribution in [-0.2, 0) is 18.5 Å². The zero-order valence-corrected chi connectivity index (χ0v) is 30.9. The van der Waals surface area contributed by atoms with Gasteiger partial charge in [-0.15, -0.1) is 0 Å². The average Bonchev–Trinajstić information content (AvgIpc) is 3.07. The molecule has 0 saturated heterocycles. The first-order chi connectivity index (χ1) is 24.7. The average molecular weight is 771 g/mol. The maximum absolute atomic E-state index is 12.5. The Morgan fingerprint density at radius 2 is 0.926 bits per heavy atom. The predicted molar refractivity (Wildman–Crippen MR) is 188 cm³/mol. The summed E-state index contributed by atoms with van der Waals surface area (Å²) in [5.74, 6) is -0.587. The summed E-state index contributed by atoms with van der Waals surface area (Å²) in [5.41, 5.74) is 0.265. The number of benzene rings is 4. The van der Waals surface area contributed by atoms with Crippen molar-refractivity contribution in [3.8, 4) is 6.07 Å². The highest BCUT2D eigenvalue weighted by molar-refractivity contribution is 5.51. The highest BCUT2D eigenvalue weighted by Gasteiger charge is 2.34. The lowest BCUT2D eigenvalue weighted by Crippen LogP contribution is -2.08. The minimum atomic E-state index is -4.46. The van der Waals surface area contributed by atoms with Gasteiger partial charge in [-0.25, -0.2) is 13.6 Å². The summed E-state index contributed by atoms with van der Waals surface area (Å²) < 4.78 is 136. The summed E-state index contributed by atoms with van der Waals surface area (Å²) in [6, 6.07) is 17.7. The van der Waals surface area contributed by atoms with Crippen LogP contribution in [0.15, 0.2) is 78.9 Å². The molecule has 0 N–H and O–H groups in total. The molecule has 4 aromatic carbocycles. The molecule has 0 bridgehead atoms. The van der Waals surface area contributed by atoms with E-state index in [1.807, 2.05) is 41.5 Å². The Bertz CT molecular complexity index is 1850. The van der Waals surface area contributed by atoms with E-state index in [1.54, 1.807) is 26.0 Å². The maximum Gasteiger partial charge on any atom is 0.417 e. The van der Waals surface area contributed by atoms with Crippen LogP contribution in [0.1, 0.15) is 124 Å². The van der Waals surface area contributed by atoms with E-state index in [4.69, 9.17) is 11.8 Å². The Hall–Kier alpha value is -4.91. The molecule has 0 fully saturated rings. The Balaban J connectivity index is 0.000000362. The van der Waals surface area contributed by atoms with E-state index in [0.29, 0.717) is 16.7 Å². The zero-order valence-electron chi connectivity index (χ0n) is 30.9. The highest BCUT2D eigenvalue weighted by atomic mass is 19.4. The second-order valence-electron chi connectivity index (χ2n) is 13.3. The van der Waals surface area contributed by atoms with Gasteiger partial charge >= 0.3 is 18.5 Å². The van der Waals surface area contributed by atoms with Gasteiger partial charge in [0.15, 0.2) is 5.69 Å². The lowest BCUT2D eigenvalue weighted by atomic mass is 9.97. The molecule has 0 aliphatic carbocycles. The van der Waals surface area contributed by atoms with Gasteiger partial charge in [0, 0.05) is 11.6 Å². The van der Waals surface area contributed by atoms with Crippen molar-refractivity contribution in [3.05, 3.63) is 146 Å². The molecule has 4 rings (SSSR count). The summed E-state index contributed by atoms with van der Waals surface area (Å²) in [6.07, 6.45) is -13.1. The van der Waals surface area contributed by atoms with Crippen LogP contribution in [0.5, 0.6) is 0 Å². The quantitative estimate of drug-likeness (QED) is 0.150. The topological polar surface area (TPSA) is 28.1 Å². The standard InChI is InChI=1S/2C11H10F3N.C10H11F3.C9H10F2/c1-7(2)8-4-9(11(12,13)14)6-10(5-8)15-3;1-7(2)8-3-4-9(6-15)10(5-8)11(12,13)14;1-7(2)8-3-5-9(6-4-8)10(11,12)13;1-6(2)7-3-8(10)5-9(11)4-7/h4-7H,1-2H3;3-5,7H,1-2H3;3-7H,1-2H3;3-6H,1-2H3. The smallest absolute Gasteiger partial charge is 0.238 e. The number of nitriles is 1. The molecule has 0 aliphatic rings. The third kappa shape index (κ3) is 15.6. The Labute approximate surface area is 309 Å². The molecule has 0 atom stereocenters. The first kappa shape index (κ1) is 47.1. The third-order valence-corrected chi connectivity index (χ3v) is 7.66. The molecular formula is C41H41F11N2. The van der Waals surface area contributed by atoms with Gasteiger partial charge in [-0.1, -0.05) is 85.2 Å². The van der Waals surface area contributed by atoms with Gasteiger partial charge in [-0.05, 0) is 88.9 Å². The van der Waals surface area contributed by atoms with Crippen molar-refractivity contribution in [3.63, 3.8) is 0 Å². The third-order valence-electron chi connectivity index (χ3n) is 7.66. The highest BCUT2D eigenvalue weighted by Crippen LogP contribution is 2.35. The molecule has 13 heteroatoms. The largest absolute Gasteiger partial charge is 0.417 e. The molecule has 292 valence electrons. The number of hydrogen-bond donors (Lipinski definition) is 0. The van der Waals surface area contributed by atoms with Crippen molar-refractivity contribution in [2.45, 2.75) is 97.6 Å². The molecule has 54 heavy (non-hydrogen) atoms. The van der Waals surface area contributed by atoms with E-state index < -0.39 is 46.9 Å². The molecule has 0 aliphatic heterocycles. The fourth-order valence-corrected chi connectivity index (χ4v) is 4.41. The molecule has 0 spiro atoms. The maximum atomic E-state index is 12.5. The zero-order chi connectivity index (χ0) is 41.8. The van der Waals surface area contributed by atoms with Crippen molar-refractivity contribution < 1.29 is 48.3 Å². The molecule has 0 heterocycles. The second-order valence-corrected chi connectivity index (χ2v) is 13.3. The number of nitrogens with zero attached hydrogens (tertiary/aromatic N) is 2. The SMILES string of the molecule is CC(C)c1cc(F)cc(F)c1.CC(C)c1ccc(C#N)c(C(F)(F)F)c1.CC(C)c1ccc(C(F)(F)F)cc1.[C-]#[N+]c1cc(C(C)C)cc(C(F)(F)F)c1. The minimum Gasteiger partial charge on any atom is -0.238 e. The van der Waals surface area contributed by atoms with E-state index >= 15 is 0 Å². The predicted octanol–water partition coefficient (Wildman–Crippen LogP) is 15.0. The lowest BCUT2D eigenvalue weighted by molar-refractivity contribution is -0.138. The normalized spacial score (nSPS) is 11.5. The van der Waals surface area contributed by atoms with Gasteiger partial charge in [-0.2, -0.15) is 44.8 Å². The summed E-state index contributed by atoms with van der Waals surface area (Å²) in [4.78, 5) is 3.04. The lowest BCUT2D eigenvalue weighted by Gasteiger charge is -2.12. The van der Waals surface area contributed by atoms with Crippen molar-refractivity contribution >= 4 is 5.69 Å². The van der Waals surface area contributed by atoms with Crippen LogP contribution in [-0.4, -0.2) is 0 Å². The molecule has 0 aromatic heterocycles. The molecule has 2 nitrogen and oxygen atoms in total. The fraction of sp³-hybridized carbons (Fsp3) is 0.366.